The molecule has 0 spiro atoms. The van der Waals surface area contributed by atoms with Crippen molar-refractivity contribution in [1.29, 1.82) is 0 Å². The van der Waals surface area contributed by atoms with Crippen LogP contribution in [-0.4, -0.2) is 22.7 Å². The van der Waals surface area contributed by atoms with Gasteiger partial charge in [-0.25, -0.2) is 4.39 Å². The second kappa shape index (κ2) is 9.63. The Labute approximate surface area is 167 Å². The smallest absolute Gasteiger partial charge is 0.123 e. The van der Waals surface area contributed by atoms with E-state index in [9.17, 15) is 9.50 Å². The predicted octanol–water partition coefficient (Wildman–Crippen LogP) is 5.05. The van der Waals surface area contributed by atoms with Gasteiger partial charge in [0.2, 0.25) is 0 Å². The van der Waals surface area contributed by atoms with Crippen LogP contribution in [0, 0.1) is 19.7 Å². The van der Waals surface area contributed by atoms with Crippen LogP contribution in [0.1, 0.15) is 27.8 Å². The summed E-state index contributed by atoms with van der Waals surface area (Å²) in [6.45, 7) is 6.18. The van der Waals surface area contributed by atoms with E-state index in [0.717, 1.165) is 17.7 Å². The highest BCUT2D eigenvalue weighted by atomic mass is 19.1. The van der Waals surface area contributed by atoms with E-state index in [-0.39, 0.29) is 5.82 Å². The molecule has 3 rings (SSSR count). The van der Waals surface area contributed by atoms with E-state index in [2.05, 4.69) is 36.9 Å². The number of benzene rings is 3. The van der Waals surface area contributed by atoms with Crippen LogP contribution in [0.15, 0.2) is 72.8 Å². The van der Waals surface area contributed by atoms with Crippen LogP contribution in [0.2, 0.25) is 0 Å². The number of aliphatic hydroxyl groups excluding tert-OH is 1. The summed E-state index contributed by atoms with van der Waals surface area (Å²) >= 11 is 0. The van der Waals surface area contributed by atoms with Crippen molar-refractivity contribution in [2.45, 2.75) is 39.5 Å². The van der Waals surface area contributed by atoms with Gasteiger partial charge in [0.15, 0.2) is 0 Å². The molecule has 3 aromatic carbocycles. The summed E-state index contributed by atoms with van der Waals surface area (Å²) in [5.41, 5.74) is 5.90. The maximum absolute atomic E-state index is 13.3. The second-order valence-corrected chi connectivity index (χ2v) is 7.57. The molecule has 0 radical (unpaired) electrons. The van der Waals surface area contributed by atoms with Gasteiger partial charge in [-0.3, -0.25) is 4.90 Å². The first-order chi connectivity index (χ1) is 13.5. The van der Waals surface area contributed by atoms with E-state index in [4.69, 9.17) is 0 Å². The summed E-state index contributed by atoms with van der Waals surface area (Å²) in [6, 6.07) is 23.1. The fourth-order valence-electron chi connectivity index (χ4n) is 3.49. The zero-order chi connectivity index (χ0) is 19.9. The van der Waals surface area contributed by atoms with Crippen molar-refractivity contribution in [2.24, 2.45) is 0 Å². The molecule has 0 heterocycles. The molecular formula is C25H28FNO. The number of aryl methyl sites for hydroxylation is 2. The second-order valence-electron chi connectivity index (χ2n) is 7.57. The first-order valence-corrected chi connectivity index (χ1v) is 9.74. The van der Waals surface area contributed by atoms with Crippen molar-refractivity contribution in [3.05, 3.63) is 106 Å². The summed E-state index contributed by atoms with van der Waals surface area (Å²) in [4.78, 5) is 2.24. The predicted molar refractivity (Wildman–Crippen MR) is 113 cm³/mol. The van der Waals surface area contributed by atoms with Gasteiger partial charge < -0.3 is 5.11 Å². The average molecular weight is 378 g/mol. The molecule has 2 nitrogen and oxygen atoms in total. The number of aliphatic hydroxyl groups is 1. The first-order valence-electron chi connectivity index (χ1n) is 9.74. The molecule has 1 atom stereocenters. The van der Waals surface area contributed by atoms with E-state index in [0.29, 0.717) is 19.5 Å². The molecule has 0 aliphatic heterocycles. The number of hydrogen-bond donors (Lipinski definition) is 1. The van der Waals surface area contributed by atoms with E-state index < -0.39 is 6.10 Å². The third kappa shape index (κ3) is 6.01. The molecule has 28 heavy (non-hydrogen) atoms. The fraction of sp³-hybridized carbons (Fsp3) is 0.280. The van der Waals surface area contributed by atoms with Crippen molar-refractivity contribution in [3.8, 4) is 0 Å². The van der Waals surface area contributed by atoms with E-state index in [1.807, 2.05) is 42.5 Å². The Morgan fingerprint density at radius 3 is 2.29 bits per heavy atom. The zero-order valence-corrected chi connectivity index (χ0v) is 16.6. The van der Waals surface area contributed by atoms with Crippen LogP contribution in [0.3, 0.4) is 0 Å². The van der Waals surface area contributed by atoms with Gasteiger partial charge >= 0.3 is 0 Å². The molecule has 0 amide bonds. The molecule has 0 aliphatic carbocycles. The van der Waals surface area contributed by atoms with Crippen molar-refractivity contribution < 1.29 is 9.50 Å². The Balaban J connectivity index is 1.74. The maximum atomic E-state index is 13.3. The van der Waals surface area contributed by atoms with Gasteiger partial charge in [-0.05, 0) is 54.7 Å². The molecule has 3 aromatic rings. The van der Waals surface area contributed by atoms with Gasteiger partial charge in [-0.1, -0.05) is 66.2 Å². The largest absolute Gasteiger partial charge is 0.391 e. The summed E-state index contributed by atoms with van der Waals surface area (Å²) in [5, 5.41) is 10.7. The van der Waals surface area contributed by atoms with E-state index >= 15 is 0 Å². The molecule has 0 fully saturated rings. The van der Waals surface area contributed by atoms with Gasteiger partial charge in [-0.15, -0.1) is 0 Å². The highest BCUT2D eigenvalue weighted by Crippen LogP contribution is 2.17. The lowest BCUT2D eigenvalue weighted by Gasteiger charge is -2.26. The number of halogens is 1. The third-order valence-electron chi connectivity index (χ3n) is 5.00. The van der Waals surface area contributed by atoms with E-state index in [1.165, 1.54) is 28.8 Å². The SMILES string of the molecule is Cc1ccc(C)c(CN(Cc2ccc(F)cc2)C[C@H](O)Cc2ccccc2)c1. The van der Waals surface area contributed by atoms with Crippen molar-refractivity contribution in [2.75, 3.05) is 6.54 Å². The van der Waals surface area contributed by atoms with Gasteiger partial charge in [0.25, 0.3) is 0 Å². The van der Waals surface area contributed by atoms with Crippen LogP contribution in [0.25, 0.3) is 0 Å². The van der Waals surface area contributed by atoms with Gasteiger partial charge in [0.05, 0.1) is 6.10 Å². The quantitative estimate of drug-likeness (QED) is 0.594. The maximum Gasteiger partial charge on any atom is 0.123 e. The third-order valence-corrected chi connectivity index (χ3v) is 5.00. The minimum absolute atomic E-state index is 0.228. The van der Waals surface area contributed by atoms with Crippen LogP contribution < -0.4 is 0 Å². The number of rotatable bonds is 8. The number of nitrogens with zero attached hydrogens (tertiary/aromatic N) is 1. The van der Waals surface area contributed by atoms with Gasteiger partial charge in [-0.2, -0.15) is 0 Å². The van der Waals surface area contributed by atoms with Crippen LogP contribution >= 0.6 is 0 Å². The van der Waals surface area contributed by atoms with Gasteiger partial charge in [0, 0.05) is 19.6 Å². The highest BCUT2D eigenvalue weighted by Gasteiger charge is 2.15. The van der Waals surface area contributed by atoms with Crippen LogP contribution in [0.4, 0.5) is 4.39 Å². The number of hydrogen-bond acceptors (Lipinski definition) is 2. The van der Waals surface area contributed by atoms with Crippen molar-refractivity contribution >= 4 is 0 Å². The lowest BCUT2D eigenvalue weighted by Crippen LogP contribution is -2.33. The summed E-state index contributed by atoms with van der Waals surface area (Å²) in [6.07, 6.45) is 0.154. The lowest BCUT2D eigenvalue weighted by molar-refractivity contribution is 0.104. The molecule has 0 saturated heterocycles. The Morgan fingerprint density at radius 2 is 1.57 bits per heavy atom. The Hall–Kier alpha value is -2.49. The monoisotopic (exact) mass is 377 g/mol. The summed E-state index contributed by atoms with van der Waals surface area (Å²) < 4.78 is 13.3. The minimum Gasteiger partial charge on any atom is -0.391 e. The summed E-state index contributed by atoms with van der Waals surface area (Å²) in [7, 11) is 0. The topological polar surface area (TPSA) is 23.5 Å². The van der Waals surface area contributed by atoms with Crippen molar-refractivity contribution in [3.63, 3.8) is 0 Å². The standard InChI is InChI=1S/C25H28FNO/c1-19-8-9-20(2)23(14-19)17-27(16-22-10-12-24(26)13-11-22)18-25(28)15-21-6-4-3-5-7-21/h3-14,25,28H,15-18H2,1-2H3/t25-/m1/s1. The molecule has 3 heteroatoms. The highest BCUT2D eigenvalue weighted by molar-refractivity contribution is 5.30. The lowest BCUT2D eigenvalue weighted by atomic mass is 10.0. The Morgan fingerprint density at radius 1 is 0.857 bits per heavy atom. The Kier molecular flexibility index (Phi) is 6.96. The molecule has 146 valence electrons. The fourth-order valence-corrected chi connectivity index (χ4v) is 3.49. The Bertz CT molecular complexity index is 877. The average Bonchev–Trinajstić information content (AvgIpc) is 2.67. The van der Waals surface area contributed by atoms with E-state index in [1.54, 1.807) is 0 Å². The first kappa shape index (κ1) is 20.2. The normalized spacial score (nSPS) is 12.3. The molecule has 0 saturated carbocycles. The van der Waals surface area contributed by atoms with Crippen LogP contribution in [0.5, 0.6) is 0 Å². The molecule has 0 aromatic heterocycles. The molecule has 0 aliphatic rings. The van der Waals surface area contributed by atoms with Crippen molar-refractivity contribution in [1.82, 2.24) is 4.90 Å². The molecule has 0 bridgehead atoms. The molecular weight excluding hydrogens is 349 g/mol. The summed E-state index contributed by atoms with van der Waals surface area (Å²) in [5.74, 6) is -0.228. The zero-order valence-electron chi connectivity index (χ0n) is 16.6. The van der Waals surface area contributed by atoms with Gasteiger partial charge in [0.1, 0.15) is 5.82 Å². The molecule has 1 N–H and O–H groups in total. The minimum atomic E-state index is -0.465. The van der Waals surface area contributed by atoms with Crippen LogP contribution in [-0.2, 0) is 19.5 Å². The molecule has 0 unspecified atom stereocenters.